The molecule has 5 nitrogen and oxygen atoms in total. The van der Waals surface area contributed by atoms with Crippen molar-refractivity contribution in [2.75, 3.05) is 16.5 Å². The van der Waals surface area contributed by atoms with Crippen molar-refractivity contribution in [3.8, 4) is 39.6 Å². The number of hydrogen-bond acceptors (Lipinski definition) is 4. The normalized spacial score (nSPS) is 12.7. The van der Waals surface area contributed by atoms with Gasteiger partial charge >= 0.3 is 0 Å². The van der Waals surface area contributed by atoms with Gasteiger partial charge in [-0.25, -0.2) is 4.98 Å². The maximum atomic E-state index is 6.93. The molecule has 1 aliphatic rings. The largest absolute Gasteiger partial charge is 0.457 e. The van der Waals surface area contributed by atoms with E-state index in [-0.39, 0.29) is 5.41 Å². The summed E-state index contributed by atoms with van der Waals surface area (Å²) < 4.78 is 9.20. The maximum absolute atomic E-state index is 6.93. The molecule has 0 spiro atoms. The lowest BCUT2D eigenvalue weighted by molar-refractivity contribution is 0.483. The molecule has 1 aliphatic heterocycles. The summed E-state index contributed by atoms with van der Waals surface area (Å²) in [7, 11) is 0. The van der Waals surface area contributed by atoms with Crippen LogP contribution in [-0.4, -0.2) is 16.2 Å². The van der Waals surface area contributed by atoms with Crippen LogP contribution in [0.1, 0.15) is 31.9 Å². The zero-order valence-corrected chi connectivity index (χ0v) is 33.0. The van der Waals surface area contributed by atoms with Gasteiger partial charge in [0.2, 0.25) is 0 Å². The molecule has 3 heterocycles. The van der Waals surface area contributed by atoms with Gasteiger partial charge in [-0.3, -0.25) is 4.57 Å². The third-order valence-electron chi connectivity index (χ3n) is 11.3. The van der Waals surface area contributed by atoms with Crippen LogP contribution < -0.4 is 14.5 Å². The molecule has 2 aromatic heterocycles. The Bertz CT molecular complexity index is 2900. The highest BCUT2D eigenvalue weighted by atomic mass is 16.5. The van der Waals surface area contributed by atoms with E-state index in [2.05, 4.69) is 217 Å². The molecule has 7 aromatic carbocycles. The zero-order valence-electron chi connectivity index (χ0n) is 33.0. The summed E-state index contributed by atoms with van der Waals surface area (Å²) in [6, 6.07) is 64.7. The fourth-order valence-corrected chi connectivity index (χ4v) is 8.26. The number of benzene rings is 7. The molecule has 5 heteroatoms. The monoisotopic (exact) mass is 752 g/mol. The van der Waals surface area contributed by atoms with Crippen LogP contribution in [0.2, 0.25) is 0 Å². The average Bonchev–Trinajstić information content (AvgIpc) is 3.79. The molecule has 0 N–H and O–H groups in total. The van der Waals surface area contributed by atoms with Gasteiger partial charge in [0, 0.05) is 41.3 Å². The van der Waals surface area contributed by atoms with Crippen molar-refractivity contribution in [3.05, 3.63) is 199 Å². The minimum atomic E-state index is 0.00240. The van der Waals surface area contributed by atoms with Crippen LogP contribution in [0.5, 0.6) is 11.5 Å². The van der Waals surface area contributed by atoms with E-state index in [1.807, 2.05) is 6.20 Å². The molecule has 58 heavy (non-hydrogen) atoms. The Morgan fingerprint density at radius 1 is 0.534 bits per heavy atom. The summed E-state index contributed by atoms with van der Waals surface area (Å²) in [5.41, 5.74) is 12.7. The summed E-state index contributed by atoms with van der Waals surface area (Å²) in [6.45, 7) is 8.22. The minimum absolute atomic E-state index is 0.00240. The van der Waals surface area contributed by atoms with Crippen molar-refractivity contribution >= 4 is 38.9 Å². The number of para-hydroxylation sites is 2. The molecule has 0 fully saturated rings. The predicted octanol–water partition coefficient (Wildman–Crippen LogP) is 13.7. The van der Waals surface area contributed by atoms with E-state index in [1.165, 1.54) is 39.0 Å². The summed E-state index contributed by atoms with van der Waals surface area (Å²) in [5.74, 6) is 2.41. The topological polar surface area (TPSA) is 33.5 Å². The Kier molecular flexibility index (Phi) is 8.79. The number of nitrogens with zero attached hydrogens (tertiary/aromatic N) is 4. The van der Waals surface area contributed by atoms with Crippen LogP contribution in [0, 0.1) is 0 Å². The van der Waals surface area contributed by atoms with Crippen LogP contribution in [0.25, 0.3) is 49.9 Å². The fourth-order valence-electron chi connectivity index (χ4n) is 8.26. The first kappa shape index (κ1) is 35.3. The number of ether oxygens (including phenoxy) is 1. The number of rotatable bonds is 8. The molecule has 0 bridgehead atoms. The Morgan fingerprint density at radius 2 is 1.22 bits per heavy atom. The van der Waals surface area contributed by atoms with Gasteiger partial charge < -0.3 is 14.5 Å². The van der Waals surface area contributed by atoms with Gasteiger partial charge in [-0.15, -0.1) is 0 Å². The quantitative estimate of drug-likeness (QED) is 0.155. The molecule has 0 unspecified atom stereocenters. The molecule has 9 aromatic rings. The average molecular weight is 753 g/mol. The van der Waals surface area contributed by atoms with E-state index in [1.54, 1.807) is 0 Å². The Balaban J connectivity index is 1.08. The molecule has 0 saturated carbocycles. The lowest BCUT2D eigenvalue weighted by Crippen LogP contribution is -2.27. The van der Waals surface area contributed by atoms with Crippen LogP contribution >= 0.6 is 0 Å². The summed E-state index contributed by atoms with van der Waals surface area (Å²) in [4.78, 5) is 9.89. The lowest BCUT2D eigenvalue weighted by atomic mass is 9.88. The first-order valence-electron chi connectivity index (χ1n) is 20.0. The first-order valence-corrected chi connectivity index (χ1v) is 20.0. The standard InChI is InChI=1S/C53H44N4O/c1-53(2,3)42-24-28-52(54-34-42)57-48-27-23-40(38-17-9-5-10-18-38)31-47(48)46-26-25-44(33-51(46)57)58-45-30-41(39-19-11-6-12-20-39)29-43(32-45)56-36-55(35-37-15-7-4-8-16-37)49-21-13-14-22-50(49)56/h4-34H,35-36H2,1-3H3. The summed E-state index contributed by atoms with van der Waals surface area (Å²) >= 11 is 0. The fraction of sp³-hybridized carbons (Fsp3) is 0.113. The molecular formula is C53H44N4O. The number of hydrogen-bond donors (Lipinski definition) is 0. The molecule has 282 valence electrons. The number of aromatic nitrogens is 2. The first-order chi connectivity index (χ1) is 28.4. The number of pyridine rings is 1. The molecule has 0 saturated heterocycles. The molecule has 0 aliphatic carbocycles. The van der Waals surface area contributed by atoms with Crippen molar-refractivity contribution in [3.63, 3.8) is 0 Å². The maximum Gasteiger partial charge on any atom is 0.137 e. The Morgan fingerprint density at radius 3 is 1.93 bits per heavy atom. The number of fused-ring (bicyclic) bond motifs is 4. The smallest absolute Gasteiger partial charge is 0.137 e. The van der Waals surface area contributed by atoms with Crippen LogP contribution in [0.15, 0.2) is 188 Å². The van der Waals surface area contributed by atoms with E-state index in [0.29, 0.717) is 0 Å². The molecule has 0 amide bonds. The van der Waals surface area contributed by atoms with Crippen molar-refractivity contribution < 1.29 is 4.74 Å². The van der Waals surface area contributed by atoms with Crippen molar-refractivity contribution in [2.45, 2.75) is 32.7 Å². The highest BCUT2D eigenvalue weighted by molar-refractivity contribution is 6.10. The van der Waals surface area contributed by atoms with E-state index in [9.17, 15) is 0 Å². The van der Waals surface area contributed by atoms with Crippen molar-refractivity contribution in [2.24, 2.45) is 0 Å². The Labute approximate surface area is 340 Å². The molecule has 0 radical (unpaired) electrons. The van der Waals surface area contributed by atoms with E-state index >= 15 is 0 Å². The second kappa shape index (κ2) is 14.4. The second-order valence-corrected chi connectivity index (χ2v) is 16.2. The lowest BCUT2D eigenvalue weighted by Gasteiger charge is -2.23. The van der Waals surface area contributed by atoms with E-state index in [0.717, 1.165) is 63.8 Å². The van der Waals surface area contributed by atoms with Crippen molar-refractivity contribution in [1.82, 2.24) is 9.55 Å². The molecular weight excluding hydrogens is 709 g/mol. The predicted molar refractivity (Wildman–Crippen MR) is 241 cm³/mol. The van der Waals surface area contributed by atoms with E-state index in [4.69, 9.17) is 9.72 Å². The van der Waals surface area contributed by atoms with Gasteiger partial charge in [0.25, 0.3) is 0 Å². The SMILES string of the molecule is CC(C)(C)c1ccc(-n2c3ccc(-c4ccccc4)cc3c3ccc(Oc4cc(-c5ccccc5)cc(N5CN(Cc6ccccc6)c6ccccc65)c4)cc32)nc1. The van der Waals surface area contributed by atoms with Gasteiger partial charge in [-0.05, 0) is 93.4 Å². The molecule has 10 rings (SSSR count). The van der Waals surface area contributed by atoms with Crippen molar-refractivity contribution in [1.29, 1.82) is 0 Å². The van der Waals surface area contributed by atoms with Gasteiger partial charge in [0.05, 0.1) is 29.1 Å². The minimum Gasteiger partial charge on any atom is -0.457 e. The summed E-state index contributed by atoms with van der Waals surface area (Å²) in [6.07, 6.45) is 2.01. The van der Waals surface area contributed by atoms with Gasteiger partial charge in [0.15, 0.2) is 0 Å². The zero-order chi connectivity index (χ0) is 39.2. The Hall–Kier alpha value is -7.11. The second-order valence-electron chi connectivity index (χ2n) is 16.2. The highest BCUT2D eigenvalue weighted by Crippen LogP contribution is 2.44. The highest BCUT2D eigenvalue weighted by Gasteiger charge is 2.28. The van der Waals surface area contributed by atoms with Crippen LogP contribution in [0.4, 0.5) is 17.1 Å². The van der Waals surface area contributed by atoms with E-state index < -0.39 is 0 Å². The molecule has 0 atom stereocenters. The number of anilines is 3. The summed E-state index contributed by atoms with van der Waals surface area (Å²) in [5, 5.41) is 2.32. The van der Waals surface area contributed by atoms with Gasteiger partial charge in [-0.1, -0.05) is 136 Å². The van der Waals surface area contributed by atoms with Crippen LogP contribution in [-0.2, 0) is 12.0 Å². The van der Waals surface area contributed by atoms with Gasteiger partial charge in [0.1, 0.15) is 17.3 Å². The van der Waals surface area contributed by atoms with Gasteiger partial charge in [-0.2, -0.15) is 0 Å². The third-order valence-corrected chi connectivity index (χ3v) is 11.3. The third kappa shape index (κ3) is 6.65. The van der Waals surface area contributed by atoms with Crippen LogP contribution in [0.3, 0.4) is 0 Å².